The molecular formula is C13H26N2O3. The van der Waals surface area contributed by atoms with Crippen molar-refractivity contribution >= 4 is 12.0 Å². The van der Waals surface area contributed by atoms with Crippen molar-refractivity contribution in [1.82, 2.24) is 10.2 Å². The van der Waals surface area contributed by atoms with E-state index in [1.165, 1.54) is 0 Å². The van der Waals surface area contributed by atoms with Crippen LogP contribution in [-0.4, -0.2) is 41.6 Å². The van der Waals surface area contributed by atoms with E-state index in [-0.39, 0.29) is 12.6 Å². The molecule has 0 saturated carbocycles. The minimum atomic E-state index is -0.859. The first-order valence-corrected chi connectivity index (χ1v) is 6.71. The monoisotopic (exact) mass is 258 g/mol. The van der Waals surface area contributed by atoms with Crippen LogP contribution in [0.15, 0.2) is 0 Å². The molecule has 0 fully saturated rings. The van der Waals surface area contributed by atoms with Gasteiger partial charge in [-0.3, -0.25) is 4.79 Å². The second kappa shape index (κ2) is 8.78. The van der Waals surface area contributed by atoms with Crippen LogP contribution in [0, 0.1) is 11.8 Å². The molecule has 0 aliphatic heterocycles. The van der Waals surface area contributed by atoms with Crippen molar-refractivity contribution in [2.75, 3.05) is 19.6 Å². The van der Waals surface area contributed by atoms with E-state index in [2.05, 4.69) is 19.2 Å². The lowest BCUT2D eigenvalue weighted by atomic mass is 10.1. The lowest BCUT2D eigenvalue weighted by molar-refractivity contribution is -0.141. The van der Waals surface area contributed by atoms with Gasteiger partial charge in [0, 0.05) is 19.6 Å². The molecule has 2 atom stereocenters. The summed E-state index contributed by atoms with van der Waals surface area (Å²) in [6, 6.07) is -0.169. The number of amides is 2. The fourth-order valence-electron chi connectivity index (χ4n) is 1.59. The zero-order chi connectivity index (χ0) is 14.1. The molecule has 2 unspecified atom stereocenters. The smallest absolute Gasteiger partial charge is 0.317 e. The number of aliphatic carboxylic acids is 1. The van der Waals surface area contributed by atoms with Crippen LogP contribution in [-0.2, 0) is 4.79 Å². The second-order valence-corrected chi connectivity index (χ2v) is 4.68. The molecule has 0 saturated heterocycles. The van der Waals surface area contributed by atoms with Gasteiger partial charge < -0.3 is 15.3 Å². The zero-order valence-corrected chi connectivity index (χ0v) is 11.9. The topological polar surface area (TPSA) is 69.6 Å². The number of hydrogen-bond acceptors (Lipinski definition) is 2. The van der Waals surface area contributed by atoms with E-state index in [0.717, 1.165) is 6.42 Å². The van der Waals surface area contributed by atoms with Crippen molar-refractivity contribution in [1.29, 1.82) is 0 Å². The van der Waals surface area contributed by atoms with Gasteiger partial charge in [-0.05, 0) is 19.3 Å². The maximum atomic E-state index is 11.9. The van der Waals surface area contributed by atoms with Crippen molar-refractivity contribution in [2.45, 2.75) is 40.5 Å². The fraction of sp³-hybridized carbons (Fsp3) is 0.846. The number of carbonyl (C=O) groups excluding carboxylic acids is 1. The van der Waals surface area contributed by atoms with Gasteiger partial charge in [0.05, 0.1) is 5.92 Å². The average Bonchev–Trinajstić information content (AvgIpc) is 2.35. The first-order valence-electron chi connectivity index (χ1n) is 6.71. The molecule has 0 aliphatic rings. The van der Waals surface area contributed by atoms with E-state index in [9.17, 15) is 9.59 Å². The summed E-state index contributed by atoms with van der Waals surface area (Å²) in [7, 11) is 0. The van der Waals surface area contributed by atoms with Gasteiger partial charge in [0.15, 0.2) is 0 Å². The molecule has 5 heteroatoms. The molecule has 0 aliphatic carbocycles. The van der Waals surface area contributed by atoms with E-state index < -0.39 is 11.9 Å². The van der Waals surface area contributed by atoms with Gasteiger partial charge in [0.2, 0.25) is 0 Å². The van der Waals surface area contributed by atoms with Crippen LogP contribution in [0.1, 0.15) is 40.5 Å². The molecule has 5 nitrogen and oxygen atoms in total. The summed E-state index contributed by atoms with van der Waals surface area (Å²) in [5.41, 5.74) is 0. The summed E-state index contributed by atoms with van der Waals surface area (Å²) in [5.74, 6) is -0.906. The molecule has 0 aromatic heterocycles. The van der Waals surface area contributed by atoms with Gasteiger partial charge in [0.1, 0.15) is 0 Å². The standard InChI is InChI=1S/C13H26N2O3/c1-5-10(4)9-15(7-3)13(18)14-8-11(6-2)12(16)17/h10-11H,5-9H2,1-4H3,(H,14,18)(H,16,17). The molecule has 106 valence electrons. The van der Waals surface area contributed by atoms with E-state index in [4.69, 9.17) is 5.11 Å². The Kier molecular flexibility index (Phi) is 8.16. The van der Waals surface area contributed by atoms with Crippen LogP contribution in [0.5, 0.6) is 0 Å². The van der Waals surface area contributed by atoms with E-state index >= 15 is 0 Å². The van der Waals surface area contributed by atoms with Crippen molar-refractivity contribution in [3.8, 4) is 0 Å². The summed E-state index contributed by atoms with van der Waals surface area (Å²) in [4.78, 5) is 24.5. The summed E-state index contributed by atoms with van der Waals surface area (Å²) >= 11 is 0. The van der Waals surface area contributed by atoms with Crippen molar-refractivity contribution in [2.24, 2.45) is 11.8 Å². The number of nitrogens with zero attached hydrogens (tertiary/aromatic N) is 1. The predicted octanol–water partition coefficient (Wildman–Crippen LogP) is 2.17. The fourth-order valence-corrected chi connectivity index (χ4v) is 1.59. The van der Waals surface area contributed by atoms with Crippen molar-refractivity contribution in [3.05, 3.63) is 0 Å². The molecule has 0 heterocycles. The van der Waals surface area contributed by atoms with Gasteiger partial charge >= 0.3 is 12.0 Å². The molecule has 0 bridgehead atoms. The van der Waals surface area contributed by atoms with Crippen LogP contribution >= 0.6 is 0 Å². The molecule has 2 amide bonds. The summed E-state index contributed by atoms with van der Waals surface area (Å²) in [5, 5.41) is 11.6. The predicted molar refractivity (Wildman–Crippen MR) is 71.5 cm³/mol. The van der Waals surface area contributed by atoms with Crippen LogP contribution < -0.4 is 5.32 Å². The molecule has 0 spiro atoms. The SMILES string of the molecule is CCC(C)CN(CC)C(=O)NCC(CC)C(=O)O. The Labute approximate surface area is 110 Å². The molecular weight excluding hydrogens is 232 g/mol. The van der Waals surface area contributed by atoms with Crippen molar-refractivity contribution in [3.63, 3.8) is 0 Å². The van der Waals surface area contributed by atoms with Crippen molar-refractivity contribution < 1.29 is 14.7 Å². The highest BCUT2D eigenvalue weighted by atomic mass is 16.4. The van der Waals surface area contributed by atoms with Gasteiger partial charge in [-0.25, -0.2) is 4.79 Å². The highest BCUT2D eigenvalue weighted by Crippen LogP contribution is 2.05. The molecule has 0 radical (unpaired) electrons. The average molecular weight is 258 g/mol. The Morgan fingerprint density at radius 3 is 2.22 bits per heavy atom. The van der Waals surface area contributed by atoms with Crippen LogP contribution in [0.4, 0.5) is 4.79 Å². The number of carboxylic acids is 1. The number of urea groups is 1. The molecule has 0 rings (SSSR count). The van der Waals surface area contributed by atoms with E-state index in [1.807, 2.05) is 13.8 Å². The third-order valence-electron chi connectivity index (χ3n) is 3.24. The number of carbonyl (C=O) groups is 2. The van der Waals surface area contributed by atoms with E-state index in [0.29, 0.717) is 25.4 Å². The quantitative estimate of drug-likeness (QED) is 0.701. The summed E-state index contributed by atoms with van der Waals surface area (Å²) in [6.45, 7) is 9.47. The zero-order valence-electron chi connectivity index (χ0n) is 11.9. The molecule has 2 N–H and O–H groups in total. The number of nitrogens with one attached hydrogen (secondary N) is 1. The Bertz CT molecular complexity index is 269. The highest BCUT2D eigenvalue weighted by Gasteiger charge is 2.18. The summed E-state index contributed by atoms with van der Waals surface area (Å²) in [6.07, 6.45) is 1.55. The minimum Gasteiger partial charge on any atom is -0.481 e. The third-order valence-corrected chi connectivity index (χ3v) is 3.24. The largest absolute Gasteiger partial charge is 0.481 e. The normalized spacial score (nSPS) is 13.8. The number of hydrogen-bond donors (Lipinski definition) is 2. The van der Waals surface area contributed by atoms with Gasteiger partial charge in [-0.15, -0.1) is 0 Å². The van der Waals surface area contributed by atoms with Crippen LogP contribution in [0.25, 0.3) is 0 Å². The maximum absolute atomic E-state index is 11.9. The molecule has 18 heavy (non-hydrogen) atoms. The number of carboxylic acid groups (broad SMARTS) is 1. The Morgan fingerprint density at radius 1 is 1.22 bits per heavy atom. The van der Waals surface area contributed by atoms with Gasteiger partial charge in [0.25, 0.3) is 0 Å². The van der Waals surface area contributed by atoms with Gasteiger partial charge in [-0.1, -0.05) is 27.2 Å². The van der Waals surface area contributed by atoms with Crippen LogP contribution in [0.3, 0.4) is 0 Å². The second-order valence-electron chi connectivity index (χ2n) is 4.68. The lowest BCUT2D eigenvalue weighted by Crippen LogP contribution is -2.44. The summed E-state index contributed by atoms with van der Waals surface area (Å²) < 4.78 is 0. The first-order chi connectivity index (χ1) is 8.46. The van der Waals surface area contributed by atoms with E-state index in [1.54, 1.807) is 4.90 Å². The molecule has 0 aromatic carbocycles. The molecule has 0 aromatic rings. The van der Waals surface area contributed by atoms with Gasteiger partial charge in [-0.2, -0.15) is 0 Å². The highest BCUT2D eigenvalue weighted by molar-refractivity contribution is 5.76. The Morgan fingerprint density at radius 2 is 1.83 bits per heavy atom. The minimum absolute atomic E-state index is 0.169. The Hall–Kier alpha value is -1.26. The Balaban J connectivity index is 4.23. The van der Waals surface area contributed by atoms with Crippen LogP contribution in [0.2, 0.25) is 0 Å². The first kappa shape index (κ1) is 16.7. The lowest BCUT2D eigenvalue weighted by Gasteiger charge is -2.25. The number of rotatable bonds is 8. The maximum Gasteiger partial charge on any atom is 0.317 e. The third kappa shape index (κ3) is 5.89.